The zero-order valence-corrected chi connectivity index (χ0v) is 9.36. The van der Waals surface area contributed by atoms with Gasteiger partial charge in [0.2, 0.25) is 5.91 Å². The second-order valence-electron chi connectivity index (χ2n) is 3.21. The topological polar surface area (TPSA) is 32.3 Å². The SMILES string of the molecule is C=CC(=O)NC(C)CCN(C)C.Cl. The van der Waals surface area contributed by atoms with Gasteiger partial charge in [-0.1, -0.05) is 6.58 Å². The maximum Gasteiger partial charge on any atom is 0.243 e. The van der Waals surface area contributed by atoms with E-state index in [-0.39, 0.29) is 24.4 Å². The van der Waals surface area contributed by atoms with Crippen molar-refractivity contribution in [1.82, 2.24) is 10.2 Å². The second-order valence-corrected chi connectivity index (χ2v) is 3.21. The lowest BCUT2D eigenvalue weighted by atomic mass is 10.2. The number of nitrogens with zero attached hydrogens (tertiary/aromatic N) is 1. The second kappa shape index (κ2) is 8.08. The Balaban J connectivity index is 0. The predicted molar refractivity (Wildman–Crippen MR) is 58.2 cm³/mol. The van der Waals surface area contributed by atoms with Gasteiger partial charge in [-0.05, 0) is 40.1 Å². The summed E-state index contributed by atoms with van der Waals surface area (Å²) in [5.41, 5.74) is 0. The van der Waals surface area contributed by atoms with E-state index in [4.69, 9.17) is 0 Å². The zero-order chi connectivity index (χ0) is 9.56. The molecule has 1 N–H and O–H groups in total. The highest BCUT2D eigenvalue weighted by atomic mass is 35.5. The van der Waals surface area contributed by atoms with E-state index in [0.717, 1.165) is 13.0 Å². The van der Waals surface area contributed by atoms with E-state index in [2.05, 4.69) is 16.8 Å². The average Bonchev–Trinajstić information content (AvgIpc) is 2.00. The summed E-state index contributed by atoms with van der Waals surface area (Å²) < 4.78 is 0. The number of nitrogens with one attached hydrogen (secondary N) is 1. The monoisotopic (exact) mass is 206 g/mol. The van der Waals surface area contributed by atoms with Gasteiger partial charge in [0.25, 0.3) is 0 Å². The highest BCUT2D eigenvalue weighted by Crippen LogP contribution is 1.91. The van der Waals surface area contributed by atoms with Crippen LogP contribution >= 0.6 is 12.4 Å². The first-order chi connectivity index (χ1) is 5.56. The van der Waals surface area contributed by atoms with Gasteiger partial charge in [-0.2, -0.15) is 0 Å². The maximum absolute atomic E-state index is 10.8. The van der Waals surface area contributed by atoms with E-state index in [1.54, 1.807) is 0 Å². The smallest absolute Gasteiger partial charge is 0.243 e. The third-order valence-corrected chi connectivity index (χ3v) is 1.58. The van der Waals surface area contributed by atoms with E-state index in [9.17, 15) is 4.79 Å². The Morgan fingerprint density at radius 2 is 2.15 bits per heavy atom. The first kappa shape index (κ1) is 15.0. The van der Waals surface area contributed by atoms with Crippen LogP contribution in [0.15, 0.2) is 12.7 Å². The van der Waals surface area contributed by atoms with Gasteiger partial charge >= 0.3 is 0 Å². The normalized spacial score (nSPS) is 11.7. The van der Waals surface area contributed by atoms with Crippen molar-refractivity contribution in [2.45, 2.75) is 19.4 Å². The first-order valence-electron chi connectivity index (χ1n) is 4.14. The van der Waals surface area contributed by atoms with Crippen molar-refractivity contribution in [1.29, 1.82) is 0 Å². The molecule has 0 aromatic rings. The van der Waals surface area contributed by atoms with Crippen molar-refractivity contribution >= 4 is 18.3 Å². The number of carbonyl (C=O) groups excluding carboxylic acids is 1. The lowest BCUT2D eigenvalue weighted by Gasteiger charge is -2.15. The lowest BCUT2D eigenvalue weighted by molar-refractivity contribution is -0.117. The zero-order valence-electron chi connectivity index (χ0n) is 8.54. The number of carbonyl (C=O) groups is 1. The van der Waals surface area contributed by atoms with Crippen molar-refractivity contribution in [3.8, 4) is 0 Å². The molecule has 13 heavy (non-hydrogen) atoms. The Bertz CT molecular complexity index is 160. The minimum atomic E-state index is -0.0961. The van der Waals surface area contributed by atoms with E-state index in [0.29, 0.717) is 0 Å². The summed E-state index contributed by atoms with van der Waals surface area (Å²) in [4.78, 5) is 12.9. The average molecular weight is 207 g/mol. The summed E-state index contributed by atoms with van der Waals surface area (Å²) >= 11 is 0. The summed E-state index contributed by atoms with van der Waals surface area (Å²) in [6.07, 6.45) is 2.26. The van der Waals surface area contributed by atoms with Crippen LogP contribution in [0.2, 0.25) is 0 Å². The van der Waals surface area contributed by atoms with Gasteiger partial charge < -0.3 is 10.2 Å². The standard InChI is InChI=1S/C9H18N2O.ClH/c1-5-9(12)10-8(2)6-7-11(3)4;/h5,8H,1,6-7H2,2-4H3,(H,10,12);1H. The number of amides is 1. The van der Waals surface area contributed by atoms with Gasteiger partial charge in [-0.15, -0.1) is 12.4 Å². The van der Waals surface area contributed by atoms with Crippen molar-refractivity contribution in [3.05, 3.63) is 12.7 Å². The predicted octanol–water partition coefficient (Wildman–Crippen LogP) is 1.05. The number of hydrogen-bond donors (Lipinski definition) is 1. The number of hydrogen-bond acceptors (Lipinski definition) is 2. The van der Waals surface area contributed by atoms with Gasteiger partial charge in [0.05, 0.1) is 0 Å². The Morgan fingerprint density at radius 1 is 1.62 bits per heavy atom. The molecule has 0 aliphatic heterocycles. The van der Waals surface area contributed by atoms with E-state index >= 15 is 0 Å². The van der Waals surface area contributed by atoms with E-state index in [1.807, 2.05) is 21.0 Å². The lowest BCUT2D eigenvalue weighted by Crippen LogP contribution is -2.33. The summed E-state index contributed by atoms with van der Waals surface area (Å²) in [6.45, 7) is 6.36. The Kier molecular flexibility index (Phi) is 9.29. The molecule has 0 fully saturated rings. The van der Waals surface area contributed by atoms with Crippen molar-refractivity contribution in [2.75, 3.05) is 20.6 Å². The molecule has 0 aliphatic carbocycles. The molecule has 1 amide bonds. The molecule has 1 unspecified atom stereocenters. The molecule has 0 bridgehead atoms. The molecule has 0 saturated carbocycles. The summed E-state index contributed by atoms with van der Waals surface area (Å²) in [5.74, 6) is -0.0961. The first-order valence-corrected chi connectivity index (χ1v) is 4.14. The maximum atomic E-state index is 10.8. The fourth-order valence-corrected chi connectivity index (χ4v) is 0.826. The van der Waals surface area contributed by atoms with Crippen molar-refractivity contribution in [3.63, 3.8) is 0 Å². The summed E-state index contributed by atoms with van der Waals surface area (Å²) in [6, 6.07) is 0.220. The highest BCUT2D eigenvalue weighted by Gasteiger charge is 2.03. The molecule has 0 spiro atoms. The Hall–Kier alpha value is -0.540. The molecular formula is C9H19ClN2O. The molecule has 0 rings (SSSR count). The minimum Gasteiger partial charge on any atom is -0.350 e. The van der Waals surface area contributed by atoms with Crippen molar-refractivity contribution < 1.29 is 4.79 Å². The molecule has 0 aliphatic rings. The van der Waals surface area contributed by atoms with Crippen LogP contribution in [0.3, 0.4) is 0 Å². The van der Waals surface area contributed by atoms with Crippen LogP contribution in [-0.2, 0) is 4.79 Å². The quantitative estimate of drug-likeness (QED) is 0.683. The molecule has 0 aromatic heterocycles. The minimum absolute atomic E-state index is 0. The van der Waals surface area contributed by atoms with E-state index < -0.39 is 0 Å². The molecular weight excluding hydrogens is 188 g/mol. The Morgan fingerprint density at radius 3 is 2.54 bits per heavy atom. The van der Waals surface area contributed by atoms with Crippen LogP contribution < -0.4 is 5.32 Å². The molecule has 78 valence electrons. The molecule has 0 radical (unpaired) electrons. The molecule has 4 heteroatoms. The van der Waals surface area contributed by atoms with Gasteiger partial charge in [0.15, 0.2) is 0 Å². The number of rotatable bonds is 5. The van der Waals surface area contributed by atoms with Gasteiger partial charge in [0, 0.05) is 6.04 Å². The third kappa shape index (κ3) is 9.37. The van der Waals surface area contributed by atoms with E-state index in [1.165, 1.54) is 6.08 Å². The molecule has 0 heterocycles. The van der Waals surface area contributed by atoms with Crippen LogP contribution in [0.4, 0.5) is 0 Å². The highest BCUT2D eigenvalue weighted by molar-refractivity contribution is 5.87. The fraction of sp³-hybridized carbons (Fsp3) is 0.667. The van der Waals surface area contributed by atoms with Gasteiger partial charge in [-0.3, -0.25) is 4.79 Å². The summed E-state index contributed by atoms with van der Waals surface area (Å²) in [7, 11) is 4.03. The molecule has 1 atom stereocenters. The van der Waals surface area contributed by atoms with Gasteiger partial charge in [0.1, 0.15) is 0 Å². The van der Waals surface area contributed by atoms with Gasteiger partial charge in [-0.25, -0.2) is 0 Å². The molecule has 3 nitrogen and oxygen atoms in total. The summed E-state index contributed by atoms with van der Waals surface area (Å²) in [5, 5.41) is 2.80. The van der Waals surface area contributed by atoms with Crippen LogP contribution in [0.25, 0.3) is 0 Å². The van der Waals surface area contributed by atoms with Crippen molar-refractivity contribution in [2.24, 2.45) is 0 Å². The Labute approximate surface area is 86.6 Å². The van der Waals surface area contributed by atoms with Crippen LogP contribution in [0.5, 0.6) is 0 Å². The number of halogens is 1. The van der Waals surface area contributed by atoms with Crippen LogP contribution in [0.1, 0.15) is 13.3 Å². The molecule has 0 aromatic carbocycles. The fourth-order valence-electron chi connectivity index (χ4n) is 0.826. The largest absolute Gasteiger partial charge is 0.350 e. The van der Waals surface area contributed by atoms with Crippen LogP contribution in [0, 0.1) is 0 Å². The van der Waals surface area contributed by atoms with Crippen LogP contribution in [-0.4, -0.2) is 37.5 Å². The molecule has 0 saturated heterocycles. The third-order valence-electron chi connectivity index (χ3n) is 1.58.